The van der Waals surface area contributed by atoms with E-state index in [1.165, 1.54) is 11.8 Å². The zero-order valence-corrected chi connectivity index (χ0v) is 15.8. The Morgan fingerprint density at radius 3 is 2.96 bits per heavy atom. The first-order valence-electron chi connectivity index (χ1n) is 8.11. The maximum absolute atomic E-state index is 5.70. The molecule has 0 fully saturated rings. The van der Waals surface area contributed by atoms with Crippen molar-refractivity contribution in [3.8, 4) is 33.5 Å². The maximum atomic E-state index is 5.70. The molecule has 5 rings (SSSR count). The zero-order chi connectivity index (χ0) is 18.2. The summed E-state index contributed by atoms with van der Waals surface area (Å²) in [6.07, 6.45) is 1.61. The van der Waals surface area contributed by atoms with Crippen LogP contribution in [0.1, 0.15) is 11.5 Å². The molecule has 0 atom stereocenters. The third-order valence-corrected chi connectivity index (χ3v) is 5.80. The number of ether oxygens (including phenoxy) is 2. The van der Waals surface area contributed by atoms with E-state index in [0.717, 1.165) is 39.1 Å². The van der Waals surface area contributed by atoms with Crippen LogP contribution in [0.15, 0.2) is 50.0 Å². The summed E-state index contributed by atoms with van der Waals surface area (Å²) in [6, 6.07) is 7.66. The van der Waals surface area contributed by atoms with Crippen molar-refractivity contribution >= 4 is 23.1 Å². The van der Waals surface area contributed by atoms with Crippen LogP contribution in [0.5, 0.6) is 11.5 Å². The number of aryl methyl sites for hydroxylation is 1. The van der Waals surface area contributed by atoms with Gasteiger partial charge in [0, 0.05) is 16.7 Å². The van der Waals surface area contributed by atoms with Crippen LogP contribution in [0.25, 0.3) is 22.0 Å². The Bertz CT molecular complexity index is 1100. The number of nitrogens with zero attached hydrogens (tertiary/aromatic N) is 3. The molecule has 136 valence electrons. The molecule has 1 aliphatic rings. The zero-order valence-electron chi connectivity index (χ0n) is 14.2. The van der Waals surface area contributed by atoms with Gasteiger partial charge in [0.1, 0.15) is 10.8 Å². The van der Waals surface area contributed by atoms with Crippen LogP contribution in [-0.2, 0) is 5.75 Å². The largest absolute Gasteiger partial charge is 0.469 e. The normalized spacial score (nSPS) is 12.6. The molecule has 1 aromatic carbocycles. The van der Waals surface area contributed by atoms with Gasteiger partial charge in [-0.05, 0) is 31.2 Å². The molecule has 9 heteroatoms. The average molecular weight is 399 g/mol. The minimum atomic E-state index is 0.267. The predicted molar refractivity (Wildman–Crippen MR) is 100.0 cm³/mol. The van der Waals surface area contributed by atoms with Gasteiger partial charge in [0.25, 0.3) is 11.1 Å². The van der Waals surface area contributed by atoms with Gasteiger partial charge in [-0.3, -0.25) is 0 Å². The fraction of sp³-hybridized carbons (Fsp3) is 0.167. The van der Waals surface area contributed by atoms with Gasteiger partial charge < -0.3 is 18.3 Å². The molecule has 1 aliphatic heterocycles. The molecule has 0 spiro atoms. The highest BCUT2D eigenvalue weighted by Gasteiger charge is 2.16. The van der Waals surface area contributed by atoms with Gasteiger partial charge >= 0.3 is 0 Å². The molecule has 0 saturated carbocycles. The van der Waals surface area contributed by atoms with Gasteiger partial charge in [-0.1, -0.05) is 11.8 Å². The summed E-state index contributed by atoms with van der Waals surface area (Å²) in [5, 5.41) is 11.6. The van der Waals surface area contributed by atoms with Crippen LogP contribution in [0, 0.1) is 6.92 Å². The molecular weight excluding hydrogens is 386 g/mol. The number of furan rings is 1. The second-order valence-electron chi connectivity index (χ2n) is 5.76. The third-order valence-electron chi connectivity index (χ3n) is 4.01. The number of aromatic nitrogens is 3. The first-order valence-corrected chi connectivity index (χ1v) is 9.98. The fourth-order valence-corrected chi connectivity index (χ4v) is 4.23. The molecule has 0 aliphatic carbocycles. The van der Waals surface area contributed by atoms with E-state index in [2.05, 4.69) is 15.2 Å². The summed E-state index contributed by atoms with van der Waals surface area (Å²) in [4.78, 5) is 4.69. The van der Waals surface area contributed by atoms with Gasteiger partial charge in [-0.15, -0.1) is 21.5 Å². The first kappa shape index (κ1) is 16.4. The topological polar surface area (TPSA) is 83.4 Å². The lowest BCUT2D eigenvalue weighted by Gasteiger charge is -1.99. The number of fused-ring (bicyclic) bond motifs is 1. The van der Waals surface area contributed by atoms with E-state index < -0.39 is 0 Å². The van der Waals surface area contributed by atoms with Crippen molar-refractivity contribution in [3.63, 3.8) is 0 Å². The second-order valence-corrected chi connectivity index (χ2v) is 7.55. The molecular formula is C18H13N3O4S2. The SMILES string of the molecule is Cc1occc1-c1nnc(SCc2csc(-c3ccc4c(c3)OCO4)n2)o1. The third kappa shape index (κ3) is 3.19. The van der Waals surface area contributed by atoms with Crippen molar-refractivity contribution in [1.29, 1.82) is 0 Å². The predicted octanol–water partition coefficient (Wildman–Crippen LogP) is 4.78. The van der Waals surface area contributed by atoms with Crippen molar-refractivity contribution in [1.82, 2.24) is 15.2 Å². The van der Waals surface area contributed by atoms with Gasteiger partial charge in [0.05, 0.1) is 17.5 Å². The van der Waals surface area contributed by atoms with E-state index in [4.69, 9.17) is 18.3 Å². The van der Waals surface area contributed by atoms with E-state index in [1.807, 2.05) is 36.6 Å². The number of hydrogen-bond donors (Lipinski definition) is 0. The monoisotopic (exact) mass is 399 g/mol. The number of thiazole rings is 1. The van der Waals surface area contributed by atoms with Crippen LogP contribution in [0.4, 0.5) is 0 Å². The Labute approximate surface area is 162 Å². The highest BCUT2D eigenvalue weighted by molar-refractivity contribution is 7.98. The molecule has 0 saturated heterocycles. The maximum Gasteiger partial charge on any atom is 0.277 e. The van der Waals surface area contributed by atoms with E-state index in [0.29, 0.717) is 16.9 Å². The molecule has 0 N–H and O–H groups in total. The Kier molecular flexibility index (Phi) is 4.10. The molecule has 4 aromatic rings. The summed E-state index contributed by atoms with van der Waals surface area (Å²) < 4.78 is 21.7. The van der Waals surface area contributed by atoms with Crippen LogP contribution in [-0.4, -0.2) is 22.0 Å². The summed E-state index contributed by atoms with van der Waals surface area (Å²) in [5.74, 6) is 3.39. The highest BCUT2D eigenvalue weighted by atomic mass is 32.2. The smallest absolute Gasteiger partial charge is 0.277 e. The summed E-state index contributed by atoms with van der Waals surface area (Å²) in [7, 11) is 0. The Balaban J connectivity index is 1.28. The lowest BCUT2D eigenvalue weighted by atomic mass is 10.2. The van der Waals surface area contributed by atoms with Crippen LogP contribution >= 0.6 is 23.1 Å². The Hall–Kier alpha value is -2.78. The molecule has 0 bridgehead atoms. The lowest BCUT2D eigenvalue weighted by molar-refractivity contribution is 0.174. The van der Waals surface area contributed by atoms with Gasteiger partial charge in [0.2, 0.25) is 6.79 Å². The summed E-state index contributed by atoms with van der Waals surface area (Å²) >= 11 is 3.04. The summed E-state index contributed by atoms with van der Waals surface area (Å²) in [6.45, 7) is 2.13. The van der Waals surface area contributed by atoms with Gasteiger partial charge in [0.15, 0.2) is 11.5 Å². The quantitative estimate of drug-likeness (QED) is 0.443. The van der Waals surface area contributed by atoms with Gasteiger partial charge in [-0.2, -0.15) is 0 Å². The number of benzene rings is 1. The average Bonchev–Trinajstić information content (AvgIpc) is 3.45. The van der Waals surface area contributed by atoms with Crippen molar-refractivity contribution in [3.05, 3.63) is 47.4 Å². The molecule has 7 nitrogen and oxygen atoms in total. The Morgan fingerprint density at radius 1 is 1.15 bits per heavy atom. The minimum Gasteiger partial charge on any atom is -0.469 e. The van der Waals surface area contributed by atoms with E-state index >= 15 is 0 Å². The van der Waals surface area contributed by atoms with Crippen molar-refractivity contribution < 1.29 is 18.3 Å². The van der Waals surface area contributed by atoms with Crippen molar-refractivity contribution in [2.45, 2.75) is 17.9 Å². The lowest BCUT2D eigenvalue weighted by Crippen LogP contribution is -1.92. The number of rotatable bonds is 5. The highest BCUT2D eigenvalue weighted by Crippen LogP contribution is 2.37. The minimum absolute atomic E-state index is 0.267. The molecule has 0 radical (unpaired) electrons. The fourth-order valence-electron chi connectivity index (χ4n) is 2.65. The Morgan fingerprint density at radius 2 is 2.07 bits per heavy atom. The van der Waals surface area contributed by atoms with E-state index in [9.17, 15) is 0 Å². The van der Waals surface area contributed by atoms with Crippen molar-refractivity contribution in [2.24, 2.45) is 0 Å². The molecule has 0 unspecified atom stereocenters. The summed E-state index contributed by atoms with van der Waals surface area (Å²) in [5.41, 5.74) is 2.78. The van der Waals surface area contributed by atoms with Crippen LogP contribution in [0.2, 0.25) is 0 Å². The van der Waals surface area contributed by atoms with Gasteiger partial charge in [-0.25, -0.2) is 4.98 Å². The molecule has 0 amide bonds. The molecule has 3 aromatic heterocycles. The van der Waals surface area contributed by atoms with Crippen LogP contribution in [0.3, 0.4) is 0 Å². The number of hydrogen-bond acceptors (Lipinski definition) is 9. The second kappa shape index (κ2) is 6.75. The van der Waals surface area contributed by atoms with Crippen molar-refractivity contribution in [2.75, 3.05) is 6.79 Å². The molecule has 4 heterocycles. The molecule has 27 heavy (non-hydrogen) atoms. The van der Waals surface area contributed by atoms with E-state index in [-0.39, 0.29) is 6.79 Å². The first-order chi connectivity index (χ1) is 13.3. The number of thioether (sulfide) groups is 1. The van der Waals surface area contributed by atoms with Crippen LogP contribution < -0.4 is 9.47 Å². The standard InChI is InChI=1S/C18H13N3O4S2/c1-10-13(4-5-22-10)16-20-21-18(25-16)27-8-12-7-26-17(19-12)11-2-3-14-15(6-11)24-9-23-14/h2-7H,8-9H2,1H3. The van der Waals surface area contributed by atoms with E-state index in [1.54, 1.807) is 17.6 Å².